The fraction of sp³-hybridized carbons (Fsp3) is 0.525. The highest BCUT2D eigenvalue weighted by Crippen LogP contribution is 2.46. The maximum atomic E-state index is 12.7. The number of aromatic nitrogens is 5. The molecule has 0 spiro atoms. The summed E-state index contributed by atoms with van der Waals surface area (Å²) in [5, 5.41) is 4.31. The van der Waals surface area contributed by atoms with E-state index >= 15 is 0 Å². The minimum atomic E-state index is -4.75. The van der Waals surface area contributed by atoms with E-state index in [1.807, 2.05) is 48.9 Å². The normalized spacial score (nSPS) is 24.6. The lowest BCUT2D eigenvalue weighted by Crippen LogP contribution is -2.52. The molecule has 56 heavy (non-hydrogen) atoms. The number of methoxy groups -OCH3 is 2. The molecule has 0 radical (unpaired) electrons. The van der Waals surface area contributed by atoms with Crippen molar-refractivity contribution in [1.82, 2.24) is 29.4 Å². The third kappa shape index (κ3) is 7.84. The Morgan fingerprint density at radius 1 is 1.02 bits per heavy atom. The predicted octanol–water partition coefficient (Wildman–Crippen LogP) is 7.37. The van der Waals surface area contributed by atoms with Gasteiger partial charge in [0.1, 0.15) is 59.2 Å². The molecule has 3 aliphatic rings. The number of nitrogens with zero attached hydrogens (tertiary/aromatic N) is 5. The van der Waals surface area contributed by atoms with Crippen LogP contribution in [0.1, 0.15) is 64.6 Å². The summed E-state index contributed by atoms with van der Waals surface area (Å²) in [6.45, 7) is 9.48. The summed E-state index contributed by atoms with van der Waals surface area (Å²) in [5.41, 5.74) is 2.83. The molecule has 2 N–H and O–H groups in total. The highest BCUT2D eigenvalue weighted by molar-refractivity contribution is 5.87. The van der Waals surface area contributed by atoms with Gasteiger partial charge < -0.3 is 43.3 Å². The van der Waals surface area contributed by atoms with E-state index in [0.717, 1.165) is 53.2 Å². The lowest BCUT2D eigenvalue weighted by atomic mass is 9.76. The maximum Gasteiger partial charge on any atom is 0.573 e. The zero-order valence-corrected chi connectivity index (χ0v) is 32.3. The Kier molecular flexibility index (Phi) is 10.3. The van der Waals surface area contributed by atoms with Gasteiger partial charge in [0, 0.05) is 55.5 Å². The Morgan fingerprint density at radius 2 is 1.80 bits per heavy atom. The largest absolute Gasteiger partial charge is 0.573 e. The second-order valence-electron chi connectivity index (χ2n) is 15.6. The number of imidazole rings is 1. The van der Waals surface area contributed by atoms with Gasteiger partial charge in [-0.25, -0.2) is 15.0 Å². The van der Waals surface area contributed by atoms with Gasteiger partial charge in [-0.05, 0) is 83.2 Å². The molecular formula is C40H48F3N7O6. The van der Waals surface area contributed by atoms with Crippen LogP contribution < -0.4 is 19.5 Å². The molecule has 13 nitrogen and oxygen atoms in total. The Morgan fingerprint density at radius 3 is 2.55 bits per heavy atom. The van der Waals surface area contributed by atoms with Crippen molar-refractivity contribution in [2.45, 2.75) is 109 Å². The van der Waals surface area contributed by atoms with Crippen LogP contribution in [0.15, 0.2) is 55.0 Å². The summed E-state index contributed by atoms with van der Waals surface area (Å²) in [6.07, 6.45) is 1.17. The van der Waals surface area contributed by atoms with E-state index < -0.39 is 18.4 Å². The smallest absolute Gasteiger partial charge is 0.497 e. The summed E-state index contributed by atoms with van der Waals surface area (Å²) in [4.78, 5) is 19.5. The van der Waals surface area contributed by atoms with Crippen molar-refractivity contribution in [3.05, 3.63) is 66.4 Å². The average molecular weight is 780 g/mol. The highest BCUT2D eigenvalue weighted by Gasteiger charge is 2.56. The van der Waals surface area contributed by atoms with Crippen LogP contribution in [-0.2, 0) is 27.2 Å². The van der Waals surface area contributed by atoms with Crippen LogP contribution in [0.5, 0.6) is 17.2 Å². The first-order valence-electron chi connectivity index (χ1n) is 19.0. The molecule has 2 aromatic carbocycles. The van der Waals surface area contributed by atoms with Crippen LogP contribution in [0, 0.1) is 5.92 Å². The van der Waals surface area contributed by atoms with Crippen LogP contribution in [-0.4, -0.2) is 92.7 Å². The van der Waals surface area contributed by atoms with E-state index in [9.17, 15) is 13.2 Å². The van der Waals surface area contributed by atoms with E-state index in [1.54, 1.807) is 26.6 Å². The first-order valence-corrected chi connectivity index (χ1v) is 19.0. The third-order valence-corrected chi connectivity index (χ3v) is 11.1. The number of rotatable bonds is 14. The molecule has 3 aromatic heterocycles. The number of aromatic amines is 1. The molecule has 0 bridgehead atoms. The number of aryl methyl sites for hydroxylation is 1. The molecule has 3 fully saturated rings. The number of hydrogen-bond acceptors (Lipinski definition) is 11. The minimum absolute atomic E-state index is 0.241. The number of halogens is 3. The molecule has 4 atom stereocenters. The molecule has 0 amide bonds. The van der Waals surface area contributed by atoms with Gasteiger partial charge in [-0.1, -0.05) is 0 Å². The summed E-state index contributed by atoms with van der Waals surface area (Å²) >= 11 is 0. The number of benzene rings is 2. The lowest BCUT2D eigenvalue weighted by molar-refractivity contribution is -0.274. The molecule has 5 aromatic rings. The third-order valence-electron chi connectivity index (χ3n) is 11.1. The van der Waals surface area contributed by atoms with E-state index in [0.29, 0.717) is 48.3 Å². The van der Waals surface area contributed by atoms with E-state index in [4.69, 9.17) is 23.7 Å². The van der Waals surface area contributed by atoms with Gasteiger partial charge >= 0.3 is 6.36 Å². The van der Waals surface area contributed by atoms with Gasteiger partial charge in [-0.3, -0.25) is 4.90 Å². The van der Waals surface area contributed by atoms with Crippen LogP contribution in [0.25, 0.3) is 22.1 Å². The minimum Gasteiger partial charge on any atom is -0.497 e. The highest BCUT2D eigenvalue weighted by atomic mass is 19.4. The van der Waals surface area contributed by atoms with E-state index in [1.165, 1.54) is 12.1 Å². The molecule has 5 heterocycles. The average Bonchev–Trinajstić information content (AvgIpc) is 3.90. The van der Waals surface area contributed by atoms with E-state index in [-0.39, 0.29) is 30.1 Å². The van der Waals surface area contributed by atoms with Gasteiger partial charge in [0.05, 0.1) is 30.6 Å². The number of H-pyrrole nitrogens is 1. The summed E-state index contributed by atoms with van der Waals surface area (Å²) in [6, 6.07) is 12.6. The van der Waals surface area contributed by atoms with Crippen molar-refractivity contribution in [2.24, 2.45) is 5.92 Å². The second-order valence-corrected chi connectivity index (χ2v) is 15.6. The SMILES string of the molecule is COc1ccc(CNc2ncnc3c2ccn3[C@@H]2O[C@H](CN(C(C)C)[C@H]3C[C@@H](CCc4nc5cc(OC(F)(F)F)ccc5[nH]4)C3)[C@H]3OC(C)(C)O[C@H]32)c(OC)c1. The Balaban J connectivity index is 0.922. The molecule has 0 unspecified atom stereocenters. The molecule has 1 saturated carbocycles. The van der Waals surface area contributed by atoms with Crippen LogP contribution >= 0.6 is 0 Å². The van der Waals surface area contributed by atoms with Crippen molar-refractivity contribution in [1.29, 1.82) is 0 Å². The second kappa shape index (κ2) is 15.0. The molecule has 8 rings (SSSR count). The van der Waals surface area contributed by atoms with Crippen molar-refractivity contribution < 1.29 is 41.6 Å². The summed E-state index contributed by atoms with van der Waals surface area (Å²) in [5.74, 6) is 2.35. The zero-order chi connectivity index (χ0) is 39.4. The first kappa shape index (κ1) is 38.2. The Hall–Kier alpha value is -4.64. The van der Waals surface area contributed by atoms with Gasteiger partial charge in [0.2, 0.25) is 0 Å². The summed E-state index contributed by atoms with van der Waals surface area (Å²) < 4.78 is 75.0. The van der Waals surface area contributed by atoms with Gasteiger partial charge in [0.15, 0.2) is 12.0 Å². The Labute approximate surface area is 322 Å². The quantitative estimate of drug-likeness (QED) is 0.117. The first-order chi connectivity index (χ1) is 26.8. The van der Waals surface area contributed by atoms with Crippen molar-refractivity contribution in [2.75, 3.05) is 26.1 Å². The van der Waals surface area contributed by atoms with Crippen molar-refractivity contribution >= 4 is 27.9 Å². The molecule has 1 aliphatic carbocycles. The number of alkyl halides is 3. The number of nitrogens with one attached hydrogen (secondary N) is 2. The number of ether oxygens (including phenoxy) is 6. The zero-order valence-electron chi connectivity index (χ0n) is 32.3. The molecule has 16 heteroatoms. The van der Waals surface area contributed by atoms with Crippen molar-refractivity contribution in [3.8, 4) is 17.2 Å². The molecular weight excluding hydrogens is 731 g/mol. The fourth-order valence-corrected chi connectivity index (χ4v) is 8.42. The van der Waals surface area contributed by atoms with E-state index in [2.05, 4.69) is 48.7 Å². The van der Waals surface area contributed by atoms with Gasteiger partial charge in [-0.15, -0.1) is 13.2 Å². The lowest BCUT2D eigenvalue weighted by Gasteiger charge is -2.46. The van der Waals surface area contributed by atoms with Gasteiger partial charge in [0.25, 0.3) is 0 Å². The predicted molar refractivity (Wildman–Crippen MR) is 202 cm³/mol. The maximum absolute atomic E-state index is 12.7. The summed E-state index contributed by atoms with van der Waals surface area (Å²) in [7, 11) is 3.26. The monoisotopic (exact) mass is 779 g/mol. The number of hydrogen-bond donors (Lipinski definition) is 2. The fourth-order valence-electron chi connectivity index (χ4n) is 8.42. The van der Waals surface area contributed by atoms with Crippen LogP contribution in [0.3, 0.4) is 0 Å². The molecule has 2 aliphatic heterocycles. The van der Waals surface area contributed by atoms with Gasteiger partial charge in [-0.2, -0.15) is 0 Å². The van der Waals surface area contributed by atoms with Crippen LogP contribution in [0.2, 0.25) is 0 Å². The number of anilines is 1. The molecule has 2 saturated heterocycles. The Bertz CT molecular complexity index is 2170. The molecule has 300 valence electrons. The van der Waals surface area contributed by atoms with Crippen molar-refractivity contribution in [3.63, 3.8) is 0 Å². The standard InChI is InChI=1S/C40H48F3N7O6/c1-22(2)50(25-15-23(16-25)7-12-33-47-29-11-10-27(17-30(29)48-33)54-40(41,42)43)20-32-34-35(56-39(3,4)55-34)38(53-32)49-14-13-28-36(45-21-46-37(28)49)44-19-24-8-9-26(51-5)18-31(24)52-6/h8-11,13-14,17-18,21-23,25,32,34-35,38H,7,12,15-16,19-20H2,1-6H3,(H,47,48)(H,44,45,46)/t23-,25+,32-,34-,35-,38-/m1/s1. The van der Waals surface area contributed by atoms with Crippen LogP contribution in [0.4, 0.5) is 19.0 Å². The topological polar surface area (TPSA) is 130 Å². The number of fused-ring (bicyclic) bond motifs is 3.